The fourth-order valence-corrected chi connectivity index (χ4v) is 2.71. The van der Waals surface area contributed by atoms with Gasteiger partial charge in [0.1, 0.15) is 0 Å². The second kappa shape index (κ2) is 6.77. The van der Waals surface area contributed by atoms with Crippen molar-refractivity contribution in [2.24, 2.45) is 0 Å². The topological polar surface area (TPSA) is 124 Å². The van der Waals surface area contributed by atoms with Crippen LogP contribution in [0.1, 0.15) is 41.4 Å². The molecule has 0 unspecified atom stereocenters. The van der Waals surface area contributed by atoms with Crippen molar-refractivity contribution in [1.29, 1.82) is 0 Å². The fraction of sp³-hybridized carbons (Fsp3) is 0.111. The molecule has 3 rings (SSSR count). The summed E-state index contributed by atoms with van der Waals surface area (Å²) in [4.78, 5) is 48.9. The van der Waals surface area contributed by atoms with Crippen molar-refractivity contribution in [2.75, 3.05) is 18.5 Å². The largest absolute Gasteiger partial charge is 0.478 e. The molecule has 1 aliphatic rings. The van der Waals surface area contributed by atoms with Gasteiger partial charge in [-0.15, -0.1) is 0 Å². The van der Waals surface area contributed by atoms with E-state index in [1.54, 1.807) is 6.07 Å². The molecule has 26 heavy (non-hydrogen) atoms. The number of aliphatic hydroxyl groups excluding tert-OH is 1. The summed E-state index contributed by atoms with van der Waals surface area (Å²) in [5.74, 6) is -2.90. The maximum atomic E-state index is 12.4. The molecular weight excluding hydrogens is 340 g/mol. The molecule has 3 amide bonds. The first-order valence-electron chi connectivity index (χ1n) is 7.69. The van der Waals surface area contributed by atoms with E-state index in [1.165, 1.54) is 36.4 Å². The van der Waals surface area contributed by atoms with E-state index < -0.39 is 23.7 Å². The molecule has 0 spiro atoms. The molecule has 3 N–H and O–H groups in total. The zero-order valence-corrected chi connectivity index (χ0v) is 13.4. The van der Waals surface area contributed by atoms with E-state index in [0.717, 1.165) is 4.90 Å². The third kappa shape index (κ3) is 2.93. The van der Waals surface area contributed by atoms with Crippen LogP contribution >= 0.6 is 0 Å². The molecule has 0 fully saturated rings. The number of nitrogens with zero attached hydrogens (tertiary/aromatic N) is 1. The van der Waals surface area contributed by atoms with E-state index in [9.17, 15) is 19.2 Å². The maximum Gasteiger partial charge on any atom is 0.337 e. The zero-order chi connectivity index (χ0) is 18.8. The minimum atomic E-state index is -1.18. The van der Waals surface area contributed by atoms with Gasteiger partial charge in [0.25, 0.3) is 17.7 Å². The molecule has 8 nitrogen and oxygen atoms in total. The van der Waals surface area contributed by atoms with Gasteiger partial charge >= 0.3 is 5.97 Å². The summed E-state index contributed by atoms with van der Waals surface area (Å²) in [7, 11) is 0. The molecule has 2 aromatic carbocycles. The lowest BCUT2D eigenvalue weighted by molar-refractivity contribution is 0.0622. The molecule has 8 heteroatoms. The number of hydrogen-bond donors (Lipinski definition) is 3. The Kier molecular flexibility index (Phi) is 4.51. The van der Waals surface area contributed by atoms with Crippen molar-refractivity contribution < 1.29 is 29.4 Å². The summed E-state index contributed by atoms with van der Waals surface area (Å²) in [6, 6.07) is 9.96. The van der Waals surface area contributed by atoms with Crippen molar-refractivity contribution in [1.82, 2.24) is 4.90 Å². The second-order valence-electron chi connectivity index (χ2n) is 5.55. The molecule has 132 valence electrons. The maximum absolute atomic E-state index is 12.4. The van der Waals surface area contributed by atoms with Crippen LogP contribution in [0.5, 0.6) is 0 Å². The standard InChI is InChI=1S/C18H14N2O6/c21-8-7-20-16(23)11-6-5-10(9-13(11)17(20)24)15(22)19-14-4-2-1-3-12(14)18(25)26/h1-6,9,21H,7-8H2,(H,19,22)(H,25,26). The number of carboxylic acid groups (broad SMARTS) is 1. The van der Waals surface area contributed by atoms with Gasteiger partial charge in [-0.25, -0.2) is 4.79 Å². The summed E-state index contributed by atoms with van der Waals surface area (Å²) in [5.41, 5.74) is 0.390. The molecule has 1 aliphatic heterocycles. The van der Waals surface area contributed by atoms with Gasteiger partial charge in [0.15, 0.2) is 0 Å². The fourth-order valence-electron chi connectivity index (χ4n) is 2.71. The smallest absolute Gasteiger partial charge is 0.337 e. The molecule has 0 aromatic heterocycles. The van der Waals surface area contributed by atoms with Gasteiger partial charge in [-0.3, -0.25) is 19.3 Å². The van der Waals surface area contributed by atoms with E-state index in [4.69, 9.17) is 10.2 Å². The molecular formula is C18H14N2O6. The molecule has 0 aliphatic carbocycles. The first-order valence-corrected chi connectivity index (χ1v) is 7.69. The number of benzene rings is 2. The number of rotatable bonds is 5. The normalized spacial score (nSPS) is 12.9. The number of hydrogen-bond acceptors (Lipinski definition) is 5. The van der Waals surface area contributed by atoms with Gasteiger partial charge in [0.05, 0.1) is 35.5 Å². The predicted octanol–water partition coefficient (Wildman–Crippen LogP) is 1.23. The minimum absolute atomic E-state index is 0.0672. The highest BCUT2D eigenvalue weighted by atomic mass is 16.4. The van der Waals surface area contributed by atoms with Crippen LogP contribution in [0.3, 0.4) is 0 Å². The number of aromatic carboxylic acids is 1. The van der Waals surface area contributed by atoms with Gasteiger partial charge in [-0.05, 0) is 30.3 Å². The lowest BCUT2D eigenvalue weighted by atomic mass is 10.0. The van der Waals surface area contributed by atoms with Crippen molar-refractivity contribution in [3.8, 4) is 0 Å². The third-order valence-electron chi connectivity index (χ3n) is 3.96. The van der Waals surface area contributed by atoms with Crippen LogP contribution in [0.4, 0.5) is 5.69 Å². The first-order chi connectivity index (χ1) is 12.4. The number of β-amino-alcohol motifs (C(OH)–C–C–N with tert-alkyl or cyclic N) is 1. The Hall–Kier alpha value is -3.52. The van der Waals surface area contributed by atoms with Gasteiger partial charge in [0.2, 0.25) is 0 Å². The van der Waals surface area contributed by atoms with Crippen LogP contribution in [0, 0.1) is 0 Å². The van der Waals surface area contributed by atoms with E-state index in [1.807, 2.05) is 0 Å². The molecule has 0 bridgehead atoms. The Balaban J connectivity index is 1.89. The molecule has 0 atom stereocenters. The lowest BCUT2D eigenvalue weighted by Gasteiger charge is -2.10. The third-order valence-corrected chi connectivity index (χ3v) is 3.96. The second-order valence-corrected chi connectivity index (χ2v) is 5.55. The summed E-state index contributed by atoms with van der Waals surface area (Å²) in [6.45, 7) is -0.482. The van der Waals surface area contributed by atoms with Crippen molar-refractivity contribution in [3.63, 3.8) is 0 Å². The molecule has 0 saturated carbocycles. The molecule has 1 heterocycles. The number of nitrogens with one attached hydrogen (secondary N) is 1. The Morgan fingerprint density at radius 1 is 1.00 bits per heavy atom. The summed E-state index contributed by atoms with van der Waals surface area (Å²) >= 11 is 0. The highest BCUT2D eigenvalue weighted by Crippen LogP contribution is 2.24. The highest BCUT2D eigenvalue weighted by molar-refractivity contribution is 6.22. The summed E-state index contributed by atoms with van der Waals surface area (Å²) in [6.07, 6.45) is 0. The Labute approximate surface area is 147 Å². The van der Waals surface area contributed by atoms with Crippen LogP contribution in [-0.4, -0.2) is 52.0 Å². The molecule has 0 saturated heterocycles. The van der Waals surface area contributed by atoms with Crippen LogP contribution in [0.2, 0.25) is 0 Å². The van der Waals surface area contributed by atoms with Crippen molar-refractivity contribution in [2.45, 2.75) is 0 Å². The van der Waals surface area contributed by atoms with E-state index in [-0.39, 0.29) is 41.1 Å². The average Bonchev–Trinajstić information content (AvgIpc) is 2.87. The molecule has 0 radical (unpaired) electrons. The van der Waals surface area contributed by atoms with Gasteiger partial charge in [0, 0.05) is 5.56 Å². The van der Waals surface area contributed by atoms with E-state index >= 15 is 0 Å². The van der Waals surface area contributed by atoms with Crippen LogP contribution in [0.25, 0.3) is 0 Å². The number of fused-ring (bicyclic) bond motifs is 1. The average molecular weight is 354 g/mol. The monoisotopic (exact) mass is 354 g/mol. The highest BCUT2D eigenvalue weighted by Gasteiger charge is 2.35. The quantitative estimate of drug-likeness (QED) is 0.694. The Morgan fingerprint density at radius 2 is 1.69 bits per heavy atom. The number of anilines is 1. The lowest BCUT2D eigenvalue weighted by Crippen LogP contribution is -2.32. The van der Waals surface area contributed by atoms with Gasteiger partial charge in [-0.2, -0.15) is 0 Å². The number of aliphatic hydroxyl groups is 1. The molecule has 2 aromatic rings. The van der Waals surface area contributed by atoms with Crippen molar-refractivity contribution in [3.05, 3.63) is 64.7 Å². The number of carboxylic acids is 1. The van der Waals surface area contributed by atoms with Crippen LogP contribution < -0.4 is 5.32 Å². The summed E-state index contributed by atoms with van der Waals surface area (Å²) < 4.78 is 0. The minimum Gasteiger partial charge on any atom is -0.478 e. The van der Waals surface area contributed by atoms with Crippen LogP contribution in [0.15, 0.2) is 42.5 Å². The number of para-hydroxylation sites is 1. The van der Waals surface area contributed by atoms with E-state index in [0.29, 0.717) is 0 Å². The Bertz CT molecular complexity index is 937. The number of imide groups is 1. The SMILES string of the molecule is O=C(Nc1ccccc1C(=O)O)c1ccc2c(c1)C(=O)N(CCO)C2=O. The number of carbonyl (C=O) groups is 4. The first kappa shape index (κ1) is 17.3. The predicted molar refractivity (Wildman–Crippen MR) is 90.2 cm³/mol. The Morgan fingerprint density at radius 3 is 2.38 bits per heavy atom. The zero-order valence-electron chi connectivity index (χ0n) is 13.4. The van der Waals surface area contributed by atoms with Gasteiger partial charge in [-0.1, -0.05) is 12.1 Å². The number of carbonyl (C=O) groups excluding carboxylic acids is 3. The number of amides is 3. The van der Waals surface area contributed by atoms with Gasteiger partial charge < -0.3 is 15.5 Å². The van der Waals surface area contributed by atoms with Crippen LogP contribution in [-0.2, 0) is 0 Å². The summed E-state index contributed by atoms with van der Waals surface area (Å²) in [5, 5.41) is 20.6. The van der Waals surface area contributed by atoms with Crippen molar-refractivity contribution >= 4 is 29.4 Å². The van der Waals surface area contributed by atoms with E-state index in [2.05, 4.69) is 5.32 Å².